The van der Waals surface area contributed by atoms with E-state index in [9.17, 15) is 0 Å². The van der Waals surface area contributed by atoms with Crippen LogP contribution in [0.25, 0.3) is 0 Å². The van der Waals surface area contributed by atoms with Gasteiger partial charge in [0.05, 0.1) is 18.0 Å². The number of hydrogen-bond donors (Lipinski definition) is 1. The zero-order chi connectivity index (χ0) is 13.2. The van der Waals surface area contributed by atoms with E-state index in [1.807, 2.05) is 24.3 Å². The molecule has 1 aliphatic rings. The number of ether oxygens (including phenoxy) is 1. The minimum absolute atomic E-state index is 0.437. The Morgan fingerprint density at radius 2 is 2.05 bits per heavy atom. The van der Waals surface area contributed by atoms with Gasteiger partial charge in [-0.15, -0.1) is 0 Å². The van der Waals surface area contributed by atoms with Gasteiger partial charge in [-0.3, -0.25) is 0 Å². The van der Waals surface area contributed by atoms with Crippen LogP contribution >= 0.6 is 11.6 Å². The fraction of sp³-hybridized carbons (Fsp3) is 0.214. The first kappa shape index (κ1) is 12.1. The van der Waals surface area contributed by atoms with Crippen LogP contribution in [0.1, 0.15) is 6.42 Å². The van der Waals surface area contributed by atoms with Gasteiger partial charge < -0.3 is 15.4 Å². The molecule has 0 bridgehead atoms. The molecule has 4 nitrogen and oxygen atoms in total. The summed E-state index contributed by atoms with van der Waals surface area (Å²) in [6.45, 7) is 1.49. The van der Waals surface area contributed by atoms with Gasteiger partial charge in [0.15, 0.2) is 5.82 Å². The van der Waals surface area contributed by atoms with Crippen molar-refractivity contribution in [2.45, 2.75) is 6.42 Å². The number of hydrogen-bond acceptors (Lipinski definition) is 4. The van der Waals surface area contributed by atoms with Gasteiger partial charge in [0.2, 0.25) is 0 Å². The van der Waals surface area contributed by atoms with Crippen molar-refractivity contribution in [2.24, 2.45) is 0 Å². The average Bonchev–Trinajstić information content (AvgIpc) is 2.64. The smallest absolute Gasteiger partial charge is 0.158 e. The van der Waals surface area contributed by atoms with Crippen molar-refractivity contribution in [3.63, 3.8) is 0 Å². The van der Waals surface area contributed by atoms with Crippen LogP contribution in [-0.2, 0) is 0 Å². The van der Waals surface area contributed by atoms with Crippen LogP contribution in [0.15, 0.2) is 36.4 Å². The molecule has 0 fully saturated rings. The van der Waals surface area contributed by atoms with Crippen molar-refractivity contribution in [1.29, 1.82) is 0 Å². The Morgan fingerprint density at radius 3 is 2.95 bits per heavy atom. The highest BCUT2D eigenvalue weighted by atomic mass is 35.5. The van der Waals surface area contributed by atoms with Crippen molar-refractivity contribution < 1.29 is 4.74 Å². The molecular formula is C14H14ClN3O. The highest BCUT2D eigenvalue weighted by Crippen LogP contribution is 2.37. The van der Waals surface area contributed by atoms with E-state index in [0.717, 1.165) is 24.4 Å². The van der Waals surface area contributed by atoms with E-state index >= 15 is 0 Å². The molecule has 3 rings (SSSR count). The molecular weight excluding hydrogens is 262 g/mol. The molecule has 98 valence electrons. The number of anilines is 3. The van der Waals surface area contributed by atoms with Gasteiger partial charge in [-0.2, -0.15) is 0 Å². The van der Waals surface area contributed by atoms with Crippen LogP contribution in [-0.4, -0.2) is 18.1 Å². The lowest BCUT2D eigenvalue weighted by atomic mass is 10.2. The number of rotatable bonds is 1. The monoisotopic (exact) mass is 275 g/mol. The van der Waals surface area contributed by atoms with Gasteiger partial charge in [-0.1, -0.05) is 23.7 Å². The normalized spacial score (nSPS) is 14.5. The topological polar surface area (TPSA) is 51.4 Å². The van der Waals surface area contributed by atoms with Crippen molar-refractivity contribution in [2.75, 3.05) is 23.8 Å². The summed E-state index contributed by atoms with van der Waals surface area (Å²) >= 11 is 5.98. The maximum Gasteiger partial charge on any atom is 0.158 e. The molecule has 0 atom stereocenters. The summed E-state index contributed by atoms with van der Waals surface area (Å²) in [4.78, 5) is 6.41. The molecule has 0 radical (unpaired) electrons. The predicted molar refractivity (Wildman–Crippen MR) is 77.2 cm³/mol. The zero-order valence-corrected chi connectivity index (χ0v) is 11.1. The lowest BCUT2D eigenvalue weighted by Crippen LogP contribution is -2.20. The molecule has 2 heterocycles. The lowest BCUT2D eigenvalue weighted by Gasteiger charge is -2.24. The Morgan fingerprint density at radius 1 is 1.21 bits per heavy atom. The van der Waals surface area contributed by atoms with Crippen molar-refractivity contribution in [3.8, 4) is 5.75 Å². The van der Waals surface area contributed by atoms with E-state index < -0.39 is 0 Å². The third-order valence-corrected chi connectivity index (χ3v) is 3.28. The first-order valence-electron chi connectivity index (χ1n) is 6.17. The molecule has 0 unspecified atom stereocenters. The first-order chi connectivity index (χ1) is 9.25. The Balaban J connectivity index is 2.11. The third kappa shape index (κ3) is 2.31. The fourth-order valence-corrected chi connectivity index (χ4v) is 2.34. The first-order valence-corrected chi connectivity index (χ1v) is 6.55. The Hall–Kier alpha value is -1.94. The van der Waals surface area contributed by atoms with Gasteiger partial charge in [-0.25, -0.2) is 4.98 Å². The third-order valence-electron chi connectivity index (χ3n) is 3.07. The second-order valence-corrected chi connectivity index (χ2v) is 4.76. The minimum Gasteiger partial charge on any atom is -0.491 e. The molecule has 19 heavy (non-hydrogen) atoms. The number of para-hydroxylation sites is 2. The summed E-state index contributed by atoms with van der Waals surface area (Å²) in [5.74, 6) is 1.53. The standard InChI is InChI=1S/C14H14ClN3O/c15-13-7-6-10(16)14(17-13)18-8-3-9-19-12-5-2-1-4-11(12)18/h1-2,4-7H,3,8-9,16H2. The van der Waals surface area contributed by atoms with Gasteiger partial charge in [-0.05, 0) is 30.7 Å². The number of nitrogen functional groups attached to an aromatic ring is 1. The van der Waals surface area contributed by atoms with E-state index in [1.165, 1.54) is 0 Å². The van der Waals surface area contributed by atoms with Crippen molar-refractivity contribution >= 4 is 28.8 Å². The van der Waals surface area contributed by atoms with E-state index in [1.54, 1.807) is 12.1 Å². The van der Waals surface area contributed by atoms with Gasteiger partial charge in [0.1, 0.15) is 10.9 Å². The molecule has 1 aromatic heterocycles. The number of pyridine rings is 1. The van der Waals surface area contributed by atoms with Crippen LogP contribution in [0.2, 0.25) is 5.15 Å². The minimum atomic E-state index is 0.437. The second-order valence-electron chi connectivity index (χ2n) is 4.37. The summed E-state index contributed by atoms with van der Waals surface area (Å²) in [6, 6.07) is 11.4. The van der Waals surface area contributed by atoms with Crippen molar-refractivity contribution in [3.05, 3.63) is 41.6 Å². The molecule has 1 aromatic carbocycles. The average molecular weight is 276 g/mol. The Bertz CT molecular complexity index is 603. The SMILES string of the molecule is Nc1ccc(Cl)nc1N1CCCOc2ccccc21. The van der Waals surface area contributed by atoms with E-state index in [2.05, 4.69) is 9.88 Å². The summed E-state index contributed by atoms with van der Waals surface area (Å²) in [6.07, 6.45) is 0.905. The zero-order valence-electron chi connectivity index (χ0n) is 10.3. The number of fused-ring (bicyclic) bond motifs is 1. The summed E-state index contributed by atoms with van der Waals surface area (Å²) in [7, 11) is 0. The highest BCUT2D eigenvalue weighted by Gasteiger charge is 2.20. The van der Waals surface area contributed by atoms with E-state index in [-0.39, 0.29) is 0 Å². The maximum absolute atomic E-state index is 6.02. The number of nitrogens with two attached hydrogens (primary N) is 1. The molecule has 0 amide bonds. The summed E-state index contributed by atoms with van der Waals surface area (Å²) in [5.41, 5.74) is 7.61. The number of nitrogens with zero attached hydrogens (tertiary/aromatic N) is 2. The van der Waals surface area contributed by atoms with Crippen molar-refractivity contribution in [1.82, 2.24) is 4.98 Å². The van der Waals surface area contributed by atoms with Crippen LogP contribution in [0.4, 0.5) is 17.2 Å². The molecule has 2 aromatic rings. The van der Waals surface area contributed by atoms with Crippen LogP contribution in [0, 0.1) is 0 Å². The second kappa shape index (κ2) is 4.97. The van der Waals surface area contributed by atoms with E-state index in [0.29, 0.717) is 23.3 Å². The van der Waals surface area contributed by atoms with Crippen LogP contribution in [0.3, 0.4) is 0 Å². The largest absolute Gasteiger partial charge is 0.491 e. The van der Waals surface area contributed by atoms with Crippen LogP contribution < -0.4 is 15.4 Å². The van der Waals surface area contributed by atoms with Gasteiger partial charge in [0, 0.05) is 6.54 Å². The van der Waals surface area contributed by atoms with Gasteiger partial charge >= 0.3 is 0 Å². The highest BCUT2D eigenvalue weighted by molar-refractivity contribution is 6.29. The quantitative estimate of drug-likeness (QED) is 0.812. The number of aromatic nitrogens is 1. The predicted octanol–water partition coefficient (Wildman–Crippen LogP) is 3.24. The Labute approximate surface area is 116 Å². The molecule has 1 aliphatic heterocycles. The molecule has 2 N–H and O–H groups in total. The molecule has 0 aliphatic carbocycles. The molecule has 5 heteroatoms. The van der Waals surface area contributed by atoms with Crippen LogP contribution in [0.5, 0.6) is 5.75 Å². The molecule has 0 spiro atoms. The van der Waals surface area contributed by atoms with Gasteiger partial charge in [0.25, 0.3) is 0 Å². The Kier molecular flexibility index (Phi) is 3.17. The lowest BCUT2D eigenvalue weighted by molar-refractivity contribution is 0.322. The molecule has 0 saturated carbocycles. The molecule has 0 saturated heterocycles. The number of halogens is 1. The number of benzene rings is 1. The maximum atomic E-state index is 6.02. The summed E-state index contributed by atoms with van der Waals surface area (Å²) < 4.78 is 5.73. The fourth-order valence-electron chi connectivity index (χ4n) is 2.20. The summed E-state index contributed by atoms with van der Waals surface area (Å²) in [5, 5.41) is 0.437. The van der Waals surface area contributed by atoms with E-state index in [4.69, 9.17) is 22.1 Å².